The molecule has 186 valence electrons. The van der Waals surface area contributed by atoms with Crippen molar-refractivity contribution in [1.29, 1.82) is 0 Å². The molecule has 3 aromatic carbocycles. The lowest BCUT2D eigenvalue weighted by Gasteiger charge is -2.21. The molecule has 0 aliphatic carbocycles. The van der Waals surface area contributed by atoms with Gasteiger partial charge in [-0.1, -0.05) is 79.4 Å². The van der Waals surface area contributed by atoms with Gasteiger partial charge in [-0.15, -0.1) is 0 Å². The van der Waals surface area contributed by atoms with E-state index >= 15 is 0 Å². The Balaban J connectivity index is 1.46. The molecule has 5 nitrogen and oxygen atoms in total. The van der Waals surface area contributed by atoms with Crippen LogP contribution in [0.4, 0.5) is 0 Å². The van der Waals surface area contributed by atoms with E-state index < -0.39 is 0 Å². The third-order valence-corrected chi connectivity index (χ3v) is 7.61. The number of amides is 1. The average molecular weight is 526 g/mol. The van der Waals surface area contributed by atoms with E-state index in [0.29, 0.717) is 15.8 Å². The van der Waals surface area contributed by atoms with Crippen LogP contribution >= 0.6 is 24.0 Å². The summed E-state index contributed by atoms with van der Waals surface area (Å²) in [6, 6.07) is 28.0. The third-order valence-electron chi connectivity index (χ3n) is 6.28. The topological polar surface area (TPSA) is 47.4 Å². The second kappa shape index (κ2) is 11.2. The minimum absolute atomic E-state index is 0.0487. The normalized spacial score (nSPS) is 15.4. The molecule has 0 spiro atoms. The molecule has 1 atom stereocenters. The number of hydrogen-bond acceptors (Lipinski definition) is 5. The second-order valence-electron chi connectivity index (χ2n) is 8.82. The van der Waals surface area contributed by atoms with Crippen LogP contribution in [0.5, 0.6) is 5.75 Å². The second-order valence-corrected chi connectivity index (χ2v) is 10.5. The zero-order valence-corrected chi connectivity index (χ0v) is 22.3. The number of carbonyl (C=O) groups is 1. The molecular formula is C30H27N3O2S2. The summed E-state index contributed by atoms with van der Waals surface area (Å²) in [5.41, 5.74) is 4.63. The maximum Gasteiger partial charge on any atom is 0.266 e. The minimum Gasteiger partial charge on any atom is -0.489 e. The molecule has 1 unspecified atom stereocenters. The van der Waals surface area contributed by atoms with Crippen LogP contribution in [0, 0.1) is 0 Å². The maximum atomic E-state index is 13.2. The lowest BCUT2D eigenvalue weighted by atomic mass is 10.1. The highest BCUT2D eigenvalue weighted by atomic mass is 32.2. The Labute approximate surface area is 226 Å². The van der Waals surface area contributed by atoms with Gasteiger partial charge in [-0.2, -0.15) is 5.10 Å². The highest BCUT2D eigenvalue weighted by Gasteiger charge is 2.35. The number of thiocarbonyl (C=S) groups is 1. The van der Waals surface area contributed by atoms with Crippen LogP contribution in [0.1, 0.15) is 31.4 Å². The monoisotopic (exact) mass is 525 g/mol. The minimum atomic E-state index is -0.0487. The highest BCUT2D eigenvalue weighted by molar-refractivity contribution is 8.26. The van der Waals surface area contributed by atoms with Crippen LogP contribution < -0.4 is 4.74 Å². The molecule has 1 aliphatic heterocycles. The van der Waals surface area contributed by atoms with Crippen molar-refractivity contribution in [2.24, 2.45) is 0 Å². The van der Waals surface area contributed by atoms with Crippen LogP contribution in [0.3, 0.4) is 0 Å². The molecule has 0 radical (unpaired) electrons. The van der Waals surface area contributed by atoms with Gasteiger partial charge in [0, 0.05) is 23.4 Å². The largest absolute Gasteiger partial charge is 0.489 e. The molecule has 5 rings (SSSR count). The maximum absolute atomic E-state index is 13.2. The number of thioether (sulfide) groups is 1. The number of hydrogen-bond donors (Lipinski definition) is 0. The summed E-state index contributed by atoms with van der Waals surface area (Å²) < 4.78 is 8.40. The summed E-state index contributed by atoms with van der Waals surface area (Å²) in [6.07, 6.45) is 4.71. The molecule has 1 fully saturated rings. The van der Waals surface area contributed by atoms with E-state index in [1.54, 1.807) is 4.90 Å². The van der Waals surface area contributed by atoms with Crippen molar-refractivity contribution in [3.8, 4) is 22.7 Å². The quantitative estimate of drug-likeness (QED) is 0.181. The molecule has 1 amide bonds. The SMILES string of the molecule is CCC(C)N1C(=O)C(=Cc2cn(-c3ccccc3)nc2-c2ccc(OCc3ccccc3)cc2)SC1=S. The molecule has 4 aromatic rings. The summed E-state index contributed by atoms with van der Waals surface area (Å²) in [7, 11) is 0. The molecule has 1 aromatic heterocycles. The van der Waals surface area contributed by atoms with Crippen LogP contribution in [0.15, 0.2) is 96.0 Å². The van der Waals surface area contributed by atoms with Gasteiger partial charge in [0.2, 0.25) is 0 Å². The molecule has 0 N–H and O–H groups in total. The first-order valence-electron chi connectivity index (χ1n) is 12.2. The summed E-state index contributed by atoms with van der Waals surface area (Å²) >= 11 is 6.88. The van der Waals surface area contributed by atoms with Crippen LogP contribution in [-0.4, -0.2) is 30.9 Å². The number of ether oxygens (including phenoxy) is 1. The van der Waals surface area contributed by atoms with Gasteiger partial charge in [-0.05, 0) is 61.4 Å². The Kier molecular flexibility index (Phi) is 7.53. The van der Waals surface area contributed by atoms with Gasteiger partial charge >= 0.3 is 0 Å². The van der Waals surface area contributed by atoms with Crippen molar-refractivity contribution in [3.63, 3.8) is 0 Å². The third kappa shape index (κ3) is 5.53. The van der Waals surface area contributed by atoms with Gasteiger partial charge < -0.3 is 4.74 Å². The zero-order chi connectivity index (χ0) is 25.8. The Morgan fingerprint density at radius 3 is 2.35 bits per heavy atom. The standard InChI is InChI=1S/C30H27N3O2S2/c1-3-21(2)33-29(34)27(37-30(33)36)18-24-19-32(25-12-8-5-9-13-25)31-28(24)23-14-16-26(17-15-23)35-20-22-10-6-4-7-11-22/h4-19,21H,3,20H2,1-2H3. The van der Waals surface area contributed by atoms with E-state index in [1.165, 1.54) is 11.8 Å². The van der Waals surface area contributed by atoms with Crippen molar-refractivity contribution in [2.75, 3.05) is 0 Å². The van der Waals surface area contributed by atoms with Crippen LogP contribution in [0.25, 0.3) is 23.0 Å². The molecular weight excluding hydrogens is 498 g/mol. The summed E-state index contributed by atoms with van der Waals surface area (Å²) in [6.45, 7) is 4.59. The molecule has 0 saturated carbocycles. The molecule has 1 aliphatic rings. The van der Waals surface area contributed by atoms with E-state index in [-0.39, 0.29) is 11.9 Å². The summed E-state index contributed by atoms with van der Waals surface area (Å²) in [5, 5.41) is 4.89. The summed E-state index contributed by atoms with van der Waals surface area (Å²) in [4.78, 5) is 15.5. The van der Waals surface area contributed by atoms with Gasteiger partial charge in [0.15, 0.2) is 0 Å². The number of para-hydroxylation sites is 1. The first kappa shape index (κ1) is 25.0. The number of rotatable bonds is 8. The molecule has 0 bridgehead atoms. The Morgan fingerprint density at radius 1 is 1.00 bits per heavy atom. The Bertz CT molecular complexity index is 1430. The fourth-order valence-electron chi connectivity index (χ4n) is 4.06. The van der Waals surface area contributed by atoms with Crippen molar-refractivity contribution in [3.05, 3.63) is 107 Å². The lowest BCUT2D eigenvalue weighted by Crippen LogP contribution is -2.36. The van der Waals surface area contributed by atoms with E-state index in [9.17, 15) is 4.79 Å². The number of benzene rings is 3. The highest BCUT2D eigenvalue weighted by Crippen LogP contribution is 2.36. The van der Waals surface area contributed by atoms with Crippen molar-refractivity contribution in [2.45, 2.75) is 32.9 Å². The van der Waals surface area contributed by atoms with Crippen molar-refractivity contribution in [1.82, 2.24) is 14.7 Å². The Hall–Kier alpha value is -3.68. The molecule has 2 heterocycles. The van der Waals surface area contributed by atoms with Crippen LogP contribution in [0.2, 0.25) is 0 Å². The van der Waals surface area contributed by atoms with E-state index in [0.717, 1.165) is 40.2 Å². The van der Waals surface area contributed by atoms with E-state index in [1.807, 2.05) is 109 Å². The van der Waals surface area contributed by atoms with Crippen LogP contribution in [-0.2, 0) is 11.4 Å². The number of carbonyl (C=O) groups excluding carboxylic acids is 1. The smallest absolute Gasteiger partial charge is 0.266 e. The fourth-order valence-corrected chi connectivity index (χ4v) is 5.52. The summed E-state index contributed by atoms with van der Waals surface area (Å²) in [5.74, 6) is 0.735. The zero-order valence-electron chi connectivity index (χ0n) is 20.7. The van der Waals surface area contributed by atoms with Gasteiger partial charge in [0.05, 0.1) is 16.3 Å². The van der Waals surface area contributed by atoms with E-state index in [4.69, 9.17) is 22.1 Å². The molecule has 37 heavy (non-hydrogen) atoms. The molecule has 7 heteroatoms. The Morgan fingerprint density at radius 2 is 1.68 bits per heavy atom. The van der Waals surface area contributed by atoms with Crippen molar-refractivity contribution < 1.29 is 9.53 Å². The number of aromatic nitrogens is 2. The van der Waals surface area contributed by atoms with Crippen molar-refractivity contribution >= 4 is 40.3 Å². The fraction of sp³-hybridized carbons (Fsp3) is 0.167. The molecule has 1 saturated heterocycles. The van der Waals surface area contributed by atoms with Gasteiger partial charge in [-0.3, -0.25) is 9.69 Å². The predicted molar refractivity (Wildman–Crippen MR) is 155 cm³/mol. The number of nitrogens with zero attached hydrogens (tertiary/aromatic N) is 3. The van der Waals surface area contributed by atoms with Gasteiger partial charge in [-0.25, -0.2) is 4.68 Å². The predicted octanol–water partition coefficient (Wildman–Crippen LogP) is 7.12. The first-order chi connectivity index (χ1) is 18.0. The van der Waals surface area contributed by atoms with E-state index in [2.05, 4.69) is 6.92 Å². The van der Waals surface area contributed by atoms with Gasteiger partial charge in [0.1, 0.15) is 16.7 Å². The first-order valence-corrected chi connectivity index (χ1v) is 13.4. The van der Waals surface area contributed by atoms with Gasteiger partial charge in [0.25, 0.3) is 5.91 Å². The average Bonchev–Trinajstić information content (AvgIpc) is 3.48. The lowest BCUT2D eigenvalue weighted by molar-refractivity contribution is -0.123.